The Morgan fingerprint density at radius 3 is 2.29 bits per heavy atom. The topological polar surface area (TPSA) is 9.23 Å². The van der Waals surface area contributed by atoms with Crippen LogP contribution in [0, 0.1) is 11.3 Å². The zero-order valence-corrected chi connectivity index (χ0v) is 15.1. The van der Waals surface area contributed by atoms with Crippen LogP contribution >= 0.6 is 15.9 Å². The monoisotopic (exact) mass is 322 g/mol. The van der Waals surface area contributed by atoms with Gasteiger partial charge in [-0.3, -0.25) is 0 Å². The number of hydrogen-bond donors (Lipinski definition) is 0. The van der Waals surface area contributed by atoms with E-state index < -0.39 is 9.04 Å². The molecular weight excluding hydrogens is 292 g/mol. The fourth-order valence-corrected chi connectivity index (χ4v) is 3.34. The highest BCUT2D eigenvalue weighted by molar-refractivity contribution is 9.09. The van der Waals surface area contributed by atoms with Crippen molar-refractivity contribution in [2.75, 3.05) is 11.9 Å². The third kappa shape index (κ3) is 8.39. The summed E-state index contributed by atoms with van der Waals surface area (Å²) in [7, 11) is -0.787. The molecule has 0 saturated heterocycles. The van der Waals surface area contributed by atoms with Crippen LogP contribution in [0.25, 0.3) is 0 Å². The highest BCUT2D eigenvalue weighted by Gasteiger charge is 2.26. The summed E-state index contributed by atoms with van der Waals surface area (Å²) in [5.74, 6) is 0.849. The molecule has 0 radical (unpaired) electrons. The molecule has 0 aromatic carbocycles. The smallest absolute Gasteiger partial charge is 0.170 e. The maximum absolute atomic E-state index is 5.70. The molecule has 0 amide bonds. The molecule has 17 heavy (non-hydrogen) atoms. The minimum Gasteiger partial charge on any atom is -0.421 e. The lowest BCUT2D eigenvalue weighted by Crippen LogP contribution is -2.25. The lowest BCUT2D eigenvalue weighted by Gasteiger charge is -2.32. The number of halogens is 1. The molecule has 0 saturated carbocycles. The van der Waals surface area contributed by atoms with Gasteiger partial charge in [-0.15, -0.1) is 0 Å². The van der Waals surface area contributed by atoms with Gasteiger partial charge >= 0.3 is 0 Å². The molecule has 0 spiro atoms. The van der Waals surface area contributed by atoms with Crippen LogP contribution in [-0.4, -0.2) is 21.0 Å². The fourth-order valence-electron chi connectivity index (χ4n) is 2.25. The summed E-state index contributed by atoms with van der Waals surface area (Å²) in [5, 5.41) is 1.11. The van der Waals surface area contributed by atoms with Crippen LogP contribution in [0.2, 0.25) is 13.1 Å². The number of rotatable bonds is 10. The molecule has 0 aliphatic carbocycles. The second kappa shape index (κ2) is 9.57. The van der Waals surface area contributed by atoms with Crippen LogP contribution < -0.4 is 0 Å². The summed E-state index contributed by atoms with van der Waals surface area (Å²) in [6, 6.07) is 0. The molecule has 0 bridgehead atoms. The van der Waals surface area contributed by atoms with Crippen molar-refractivity contribution in [1.82, 2.24) is 0 Å². The van der Waals surface area contributed by atoms with E-state index in [0.29, 0.717) is 5.41 Å². The Bertz CT molecular complexity index is 183. The molecule has 3 heteroatoms. The average Bonchev–Trinajstić information content (AvgIpc) is 2.27. The van der Waals surface area contributed by atoms with Crippen LogP contribution in [0.4, 0.5) is 0 Å². The lowest BCUT2D eigenvalue weighted by molar-refractivity contribution is 0.218. The fraction of sp³-hybridized carbons (Fsp3) is 1.00. The van der Waals surface area contributed by atoms with E-state index in [2.05, 4.69) is 49.8 Å². The zero-order chi connectivity index (χ0) is 13.3. The van der Waals surface area contributed by atoms with Gasteiger partial charge < -0.3 is 4.43 Å². The largest absolute Gasteiger partial charge is 0.421 e. The van der Waals surface area contributed by atoms with Gasteiger partial charge in [0.2, 0.25) is 0 Å². The van der Waals surface area contributed by atoms with E-state index in [4.69, 9.17) is 4.43 Å². The Labute approximate surface area is 119 Å². The van der Waals surface area contributed by atoms with E-state index in [-0.39, 0.29) is 0 Å². The number of hydrogen-bond acceptors (Lipinski definition) is 1. The highest BCUT2D eigenvalue weighted by Crippen LogP contribution is 2.34. The first-order valence-corrected chi connectivity index (χ1v) is 11.0. The van der Waals surface area contributed by atoms with Crippen molar-refractivity contribution in [2.45, 2.75) is 66.0 Å². The van der Waals surface area contributed by atoms with Gasteiger partial charge in [-0.25, -0.2) is 0 Å². The first-order chi connectivity index (χ1) is 7.94. The van der Waals surface area contributed by atoms with Gasteiger partial charge in [-0.1, -0.05) is 56.0 Å². The maximum Gasteiger partial charge on any atom is 0.170 e. The van der Waals surface area contributed by atoms with Crippen molar-refractivity contribution in [3.63, 3.8) is 0 Å². The Morgan fingerprint density at radius 2 is 1.82 bits per heavy atom. The minimum absolute atomic E-state index is 0.441. The molecule has 1 atom stereocenters. The van der Waals surface area contributed by atoms with Gasteiger partial charge in [-0.2, -0.15) is 0 Å². The Kier molecular flexibility index (Phi) is 9.94. The predicted octanol–water partition coefficient (Wildman–Crippen LogP) is 4.99. The third-order valence-electron chi connectivity index (χ3n) is 3.59. The predicted molar refractivity (Wildman–Crippen MR) is 84.7 cm³/mol. The Morgan fingerprint density at radius 1 is 1.18 bits per heavy atom. The molecule has 0 heterocycles. The normalized spacial score (nSPS) is 14.3. The minimum atomic E-state index is -0.787. The second-order valence-electron chi connectivity index (χ2n) is 6.00. The van der Waals surface area contributed by atoms with Gasteiger partial charge in [0.25, 0.3) is 0 Å². The number of alkyl halides is 1. The summed E-state index contributed by atoms with van der Waals surface area (Å²) in [5.41, 5.74) is 0.441. The Balaban J connectivity index is 3.64. The average molecular weight is 323 g/mol. The molecule has 104 valence electrons. The van der Waals surface area contributed by atoms with E-state index in [0.717, 1.165) is 17.9 Å². The number of unbranched alkanes of at least 4 members (excludes halogenated alkanes) is 2. The van der Waals surface area contributed by atoms with Gasteiger partial charge in [0.15, 0.2) is 9.04 Å². The van der Waals surface area contributed by atoms with Crippen molar-refractivity contribution in [3.05, 3.63) is 0 Å². The zero-order valence-electron chi connectivity index (χ0n) is 12.4. The van der Waals surface area contributed by atoms with Gasteiger partial charge in [0.1, 0.15) is 0 Å². The molecule has 0 aliphatic rings. The molecule has 1 unspecified atom stereocenters. The third-order valence-corrected chi connectivity index (χ3v) is 5.94. The van der Waals surface area contributed by atoms with Crippen molar-refractivity contribution in [1.29, 1.82) is 0 Å². The molecule has 0 fully saturated rings. The van der Waals surface area contributed by atoms with Crippen LogP contribution in [0.15, 0.2) is 0 Å². The van der Waals surface area contributed by atoms with E-state index in [9.17, 15) is 0 Å². The summed E-state index contributed by atoms with van der Waals surface area (Å²) in [4.78, 5) is 0. The molecule has 0 aliphatic heterocycles. The molecule has 0 aromatic heterocycles. The van der Waals surface area contributed by atoms with E-state index in [1.807, 2.05) is 0 Å². The standard InChI is InChI=1S/C14H31BrOSi/c1-6-13(14(2,3)12-15)10-8-7-9-11-16-17(4)5/h13,17H,6-12H2,1-5H3. The first kappa shape index (κ1) is 17.7. The van der Waals surface area contributed by atoms with Crippen LogP contribution in [0.1, 0.15) is 52.9 Å². The molecule has 1 nitrogen and oxygen atoms in total. The van der Waals surface area contributed by atoms with Gasteiger partial charge in [0, 0.05) is 11.9 Å². The van der Waals surface area contributed by atoms with E-state index in [1.54, 1.807) is 0 Å². The van der Waals surface area contributed by atoms with Crippen molar-refractivity contribution >= 4 is 25.0 Å². The quantitative estimate of drug-likeness (QED) is 0.312. The van der Waals surface area contributed by atoms with Crippen LogP contribution in [0.5, 0.6) is 0 Å². The highest BCUT2D eigenvalue weighted by atomic mass is 79.9. The van der Waals surface area contributed by atoms with Crippen LogP contribution in [-0.2, 0) is 4.43 Å². The first-order valence-electron chi connectivity index (χ1n) is 7.11. The SMILES string of the molecule is CCC(CCCCCO[SiH](C)C)C(C)(C)CBr. The lowest BCUT2D eigenvalue weighted by atomic mass is 9.76. The second-order valence-corrected chi connectivity index (χ2v) is 8.99. The van der Waals surface area contributed by atoms with Gasteiger partial charge in [0.05, 0.1) is 0 Å². The maximum atomic E-state index is 5.70. The van der Waals surface area contributed by atoms with E-state index in [1.165, 1.54) is 32.1 Å². The van der Waals surface area contributed by atoms with Crippen molar-refractivity contribution in [2.24, 2.45) is 11.3 Å². The summed E-state index contributed by atoms with van der Waals surface area (Å²) in [6.45, 7) is 12.6. The van der Waals surface area contributed by atoms with Gasteiger partial charge in [-0.05, 0) is 37.3 Å². The van der Waals surface area contributed by atoms with E-state index >= 15 is 0 Å². The molecule has 0 aromatic rings. The van der Waals surface area contributed by atoms with Crippen LogP contribution in [0.3, 0.4) is 0 Å². The summed E-state index contributed by atoms with van der Waals surface area (Å²) >= 11 is 3.65. The summed E-state index contributed by atoms with van der Waals surface area (Å²) in [6.07, 6.45) is 6.60. The molecule has 0 rings (SSSR count). The van der Waals surface area contributed by atoms with Crippen molar-refractivity contribution < 1.29 is 4.43 Å². The van der Waals surface area contributed by atoms with Crippen molar-refractivity contribution in [3.8, 4) is 0 Å². The summed E-state index contributed by atoms with van der Waals surface area (Å²) < 4.78 is 5.70. The molecular formula is C14H31BrOSi. The Hall–Kier alpha value is 0.657. The molecule has 0 N–H and O–H groups in total.